The molecule has 1 unspecified atom stereocenters. The van der Waals surface area contributed by atoms with Crippen molar-refractivity contribution in [3.05, 3.63) is 28.2 Å². The van der Waals surface area contributed by atoms with E-state index >= 15 is 0 Å². The Bertz CT molecular complexity index is 367. The van der Waals surface area contributed by atoms with Crippen molar-refractivity contribution in [1.29, 1.82) is 0 Å². The molecule has 0 saturated carbocycles. The van der Waals surface area contributed by atoms with E-state index in [1.807, 2.05) is 6.07 Å². The van der Waals surface area contributed by atoms with Crippen molar-refractivity contribution in [2.24, 2.45) is 5.92 Å². The van der Waals surface area contributed by atoms with Crippen molar-refractivity contribution in [3.63, 3.8) is 0 Å². The Morgan fingerprint density at radius 3 is 2.67 bits per heavy atom. The summed E-state index contributed by atoms with van der Waals surface area (Å²) in [6, 6.07) is 6.12. The molecular formula is C14H22BrNO2. The van der Waals surface area contributed by atoms with E-state index in [-0.39, 0.29) is 6.61 Å². The average Bonchev–Trinajstić information content (AvgIpc) is 2.36. The first kappa shape index (κ1) is 15.5. The third-order valence-corrected chi connectivity index (χ3v) is 3.69. The molecular weight excluding hydrogens is 294 g/mol. The van der Waals surface area contributed by atoms with Gasteiger partial charge >= 0.3 is 0 Å². The third-order valence-electron chi connectivity index (χ3n) is 3.07. The largest absolute Gasteiger partial charge is 0.496 e. The summed E-state index contributed by atoms with van der Waals surface area (Å²) >= 11 is 3.49. The van der Waals surface area contributed by atoms with E-state index in [1.54, 1.807) is 7.11 Å². The van der Waals surface area contributed by atoms with Gasteiger partial charge in [0.25, 0.3) is 0 Å². The lowest BCUT2D eigenvalue weighted by atomic mass is 10.1. The molecule has 0 aliphatic carbocycles. The number of nitrogens with zero attached hydrogens (tertiary/aromatic N) is 1. The number of aliphatic hydroxyl groups excluding tert-OH is 1. The van der Waals surface area contributed by atoms with Gasteiger partial charge in [0, 0.05) is 19.7 Å². The molecule has 0 spiro atoms. The molecule has 0 radical (unpaired) electrons. The molecule has 1 aromatic rings. The van der Waals surface area contributed by atoms with E-state index in [9.17, 15) is 5.11 Å². The first-order valence-electron chi connectivity index (χ1n) is 6.22. The van der Waals surface area contributed by atoms with Crippen LogP contribution in [0.5, 0.6) is 5.75 Å². The Morgan fingerprint density at radius 2 is 2.17 bits per heavy atom. The highest BCUT2D eigenvalue weighted by Crippen LogP contribution is 2.26. The second kappa shape index (κ2) is 7.77. The molecule has 3 nitrogen and oxygen atoms in total. The first-order valence-corrected chi connectivity index (χ1v) is 7.01. The van der Waals surface area contributed by atoms with E-state index in [2.05, 4.69) is 46.9 Å². The minimum Gasteiger partial charge on any atom is -0.496 e. The van der Waals surface area contributed by atoms with Crippen molar-refractivity contribution < 1.29 is 9.84 Å². The molecule has 0 aromatic heterocycles. The van der Waals surface area contributed by atoms with E-state index in [0.29, 0.717) is 5.92 Å². The van der Waals surface area contributed by atoms with Crippen LogP contribution in [0, 0.1) is 5.92 Å². The SMILES string of the molecule is CCC(CO)CN(C)Cc1ccc(OC)c(Br)c1. The molecule has 0 fully saturated rings. The molecule has 1 atom stereocenters. The zero-order valence-electron chi connectivity index (χ0n) is 11.3. The Hall–Kier alpha value is -0.580. The number of ether oxygens (including phenoxy) is 1. The van der Waals surface area contributed by atoms with Crippen molar-refractivity contribution >= 4 is 15.9 Å². The molecule has 1 N–H and O–H groups in total. The van der Waals surface area contributed by atoms with Crippen LogP contribution in [0.2, 0.25) is 0 Å². The Kier molecular flexibility index (Phi) is 6.68. The van der Waals surface area contributed by atoms with Gasteiger partial charge in [0.05, 0.1) is 11.6 Å². The Morgan fingerprint density at radius 1 is 1.44 bits per heavy atom. The van der Waals surface area contributed by atoms with Gasteiger partial charge < -0.3 is 14.7 Å². The third kappa shape index (κ3) is 4.59. The van der Waals surface area contributed by atoms with Crippen LogP contribution < -0.4 is 4.74 Å². The molecule has 0 aliphatic rings. The van der Waals surface area contributed by atoms with Crippen LogP contribution in [0.15, 0.2) is 22.7 Å². The maximum absolute atomic E-state index is 9.20. The van der Waals surface area contributed by atoms with Gasteiger partial charge in [-0.2, -0.15) is 0 Å². The van der Waals surface area contributed by atoms with E-state index < -0.39 is 0 Å². The maximum atomic E-state index is 9.20. The van der Waals surface area contributed by atoms with Crippen LogP contribution in [-0.4, -0.2) is 37.3 Å². The van der Waals surface area contributed by atoms with Crippen molar-refractivity contribution in [3.8, 4) is 5.75 Å². The monoisotopic (exact) mass is 315 g/mol. The summed E-state index contributed by atoms with van der Waals surface area (Å²) < 4.78 is 6.19. The predicted octanol–water partition coefficient (Wildman–Crippen LogP) is 2.91. The number of aliphatic hydroxyl groups is 1. The fraction of sp³-hybridized carbons (Fsp3) is 0.571. The number of hydrogen-bond donors (Lipinski definition) is 1. The first-order chi connectivity index (χ1) is 8.60. The zero-order chi connectivity index (χ0) is 13.5. The van der Waals surface area contributed by atoms with Crippen LogP contribution in [0.3, 0.4) is 0 Å². The number of benzene rings is 1. The molecule has 1 aromatic carbocycles. The van der Waals surface area contributed by atoms with Crippen molar-refractivity contribution in [2.75, 3.05) is 27.3 Å². The normalized spacial score (nSPS) is 12.8. The molecule has 0 bridgehead atoms. The molecule has 102 valence electrons. The van der Waals surface area contributed by atoms with Crippen LogP contribution in [0.1, 0.15) is 18.9 Å². The summed E-state index contributed by atoms with van der Waals surface area (Å²) in [5.41, 5.74) is 1.23. The molecule has 0 heterocycles. The van der Waals surface area contributed by atoms with E-state index in [0.717, 1.165) is 29.7 Å². The average molecular weight is 316 g/mol. The summed E-state index contributed by atoms with van der Waals surface area (Å²) in [4.78, 5) is 2.23. The molecule has 0 amide bonds. The zero-order valence-corrected chi connectivity index (χ0v) is 12.9. The van der Waals surface area contributed by atoms with Crippen LogP contribution in [0.4, 0.5) is 0 Å². The Balaban J connectivity index is 2.59. The molecule has 0 aliphatic heterocycles. The molecule has 1 rings (SSSR count). The number of rotatable bonds is 7. The standard InChI is InChI=1S/C14H22BrNO2/c1-4-11(10-17)8-16(2)9-12-5-6-14(18-3)13(15)7-12/h5-7,11,17H,4,8-10H2,1-3H3. The maximum Gasteiger partial charge on any atom is 0.133 e. The minimum absolute atomic E-state index is 0.257. The van der Waals surface area contributed by atoms with Crippen molar-refractivity contribution in [2.45, 2.75) is 19.9 Å². The number of methoxy groups -OCH3 is 1. The van der Waals surface area contributed by atoms with Gasteiger partial charge in [0.1, 0.15) is 5.75 Å². The summed E-state index contributed by atoms with van der Waals surface area (Å²) in [6.45, 7) is 4.15. The topological polar surface area (TPSA) is 32.7 Å². The van der Waals surface area contributed by atoms with Gasteiger partial charge in [0.15, 0.2) is 0 Å². The lowest BCUT2D eigenvalue weighted by molar-refractivity contribution is 0.173. The van der Waals surface area contributed by atoms with E-state index in [4.69, 9.17) is 4.74 Å². The minimum atomic E-state index is 0.257. The van der Waals surface area contributed by atoms with Gasteiger partial charge in [-0.15, -0.1) is 0 Å². The highest BCUT2D eigenvalue weighted by molar-refractivity contribution is 9.10. The Labute approximate surface area is 118 Å². The molecule has 4 heteroatoms. The van der Waals surface area contributed by atoms with Crippen LogP contribution >= 0.6 is 15.9 Å². The summed E-state index contributed by atoms with van der Waals surface area (Å²) in [6.07, 6.45) is 1.01. The van der Waals surface area contributed by atoms with Gasteiger partial charge in [-0.25, -0.2) is 0 Å². The second-order valence-electron chi connectivity index (χ2n) is 4.62. The summed E-state index contributed by atoms with van der Waals surface area (Å²) in [5, 5.41) is 9.20. The van der Waals surface area contributed by atoms with Crippen LogP contribution in [-0.2, 0) is 6.54 Å². The highest BCUT2D eigenvalue weighted by atomic mass is 79.9. The van der Waals surface area contributed by atoms with Crippen molar-refractivity contribution in [1.82, 2.24) is 4.90 Å². The molecule has 0 saturated heterocycles. The smallest absolute Gasteiger partial charge is 0.133 e. The number of halogens is 1. The van der Waals surface area contributed by atoms with Gasteiger partial charge in [0.2, 0.25) is 0 Å². The van der Waals surface area contributed by atoms with Crippen LogP contribution in [0.25, 0.3) is 0 Å². The van der Waals surface area contributed by atoms with Gasteiger partial charge in [-0.1, -0.05) is 13.0 Å². The molecule has 18 heavy (non-hydrogen) atoms. The summed E-state index contributed by atoms with van der Waals surface area (Å²) in [7, 11) is 3.75. The highest BCUT2D eigenvalue weighted by Gasteiger charge is 2.09. The van der Waals surface area contributed by atoms with Gasteiger partial charge in [-0.3, -0.25) is 0 Å². The fourth-order valence-electron chi connectivity index (χ4n) is 1.94. The lowest BCUT2D eigenvalue weighted by Crippen LogP contribution is -2.27. The van der Waals surface area contributed by atoms with Gasteiger partial charge in [-0.05, 0) is 53.0 Å². The second-order valence-corrected chi connectivity index (χ2v) is 5.48. The number of hydrogen-bond acceptors (Lipinski definition) is 3. The fourth-order valence-corrected chi connectivity index (χ4v) is 2.53. The van der Waals surface area contributed by atoms with E-state index in [1.165, 1.54) is 5.56 Å². The lowest BCUT2D eigenvalue weighted by Gasteiger charge is -2.22. The predicted molar refractivity (Wildman–Crippen MR) is 77.9 cm³/mol. The summed E-state index contributed by atoms with van der Waals surface area (Å²) in [5.74, 6) is 1.21. The quantitative estimate of drug-likeness (QED) is 0.839.